The highest BCUT2D eigenvalue weighted by atomic mass is 19.1. The second kappa shape index (κ2) is 9.04. The quantitative estimate of drug-likeness (QED) is 0.652. The number of nitrogens with one attached hydrogen (secondary N) is 1. The maximum atomic E-state index is 13.7. The number of morpholine rings is 1. The van der Waals surface area contributed by atoms with E-state index in [2.05, 4.69) is 15.2 Å². The summed E-state index contributed by atoms with van der Waals surface area (Å²) in [5.41, 5.74) is 2.67. The zero-order chi connectivity index (χ0) is 22.8. The fraction of sp³-hybridized carbons (Fsp3) is 0.348. The van der Waals surface area contributed by atoms with Gasteiger partial charge in [-0.3, -0.25) is 9.78 Å². The van der Waals surface area contributed by atoms with Crippen LogP contribution in [0.4, 0.5) is 20.3 Å². The van der Waals surface area contributed by atoms with Gasteiger partial charge in [0.1, 0.15) is 17.5 Å². The van der Waals surface area contributed by atoms with Gasteiger partial charge in [0.05, 0.1) is 36.5 Å². The van der Waals surface area contributed by atoms with Gasteiger partial charge in [0.2, 0.25) is 0 Å². The Morgan fingerprint density at radius 3 is 2.47 bits per heavy atom. The molecule has 7 nitrogen and oxygen atoms in total. The van der Waals surface area contributed by atoms with Crippen LogP contribution in [0.15, 0.2) is 36.5 Å². The van der Waals surface area contributed by atoms with Crippen molar-refractivity contribution in [1.82, 2.24) is 14.9 Å². The lowest BCUT2D eigenvalue weighted by Crippen LogP contribution is -2.36. The predicted molar refractivity (Wildman–Crippen MR) is 119 cm³/mol. The van der Waals surface area contributed by atoms with Gasteiger partial charge in [-0.15, -0.1) is 0 Å². The van der Waals surface area contributed by atoms with Crippen molar-refractivity contribution < 1.29 is 18.3 Å². The van der Waals surface area contributed by atoms with Gasteiger partial charge in [0.15, 0.2) is 0 Å². The van der Waals surface area contributed by atoms with Gasteiger partial charge in [0.25, 0.3) is 5.91 Å². The summed E-state index contributed by atoms with van der Waals surface area (Å²) in [7, 11) is 3.35. The van der Waals surface area contributed by atoms with E-state index in [1.807, 2.05) is 6.92 Å². The molecule has 32 heavy (non-hydrogen) atoms. The number of rotatable bonds is 5. The maximum absolute atomic E-state index is 13.7. The summed E-state index contributed by atoms with van der Waals surface area (Å²) in [4.78, 5) is 25.7. The molecular formula is C23H25F2N5O2. The number of halogens is 2. The van der Waals surface area contributed by atoms with E-state index in [4.69, 9.17) is 9.72 Å². The van der Waals surface area contributed by atoms with Gasteiger partial charge in [-0.25, -0.2) is 13.8 Å². The minimum Gasteiger partial charge on any atom is -0.378 e. The topological polar surface area (TPSA) is 70.6 Å². The number of ether oxygens (including phenoxy) is 1. The van der Waals surface area contributed by atoms with E-state index >= 15 is 0 Å². The molecule has 0 saturated carbocycles. The molecule has 2 aromatic carbocycles. The molecule has 1 amide bonds. The third-order valence-corrected chi connectivity index (χ3v) is 5.37. The lowest BCUT2D eigenvalue weighted by atomic mass is 10.0. The molecule has 0 spiro atoms. The van der Waals surface area contributed by atoms with Crippen LogP contribution in [0.3, 0.4) is 0 Å². The largest absolute Gasteiger partial charge is 0.378 e. The second-order valence-corrected chi connectivity index (χ2v) is 7.98. The summed E-state index contributed by atoms with van der Waals surface area (Å²) in [5, 5.41) is 3.12. The van der Waals surface area contributed by atoms with E-state index in [9.17, 15) is 13.6 Å². The van der Waals surface area contributed by atoms with Crippen molar-refractivity contribution in [3.63, 3.8) is 0 Å². The highest BCUT2D eigenvalue weighted by Crippen LogP contribution is 2.29. The Bertz CT molecular complexity index is 1130. The summed E-state index contributed by atoms with van der Waals surface area (Å²) in [6.07, 6.45) is 1.70. The molecule has 9 heteroatoms. The van der Waals surface area contributed by atoms with Crippen LogP contribution >= 0.6 is 0 Å². The van der Waals surface area contributed by atoms with Crippen molar-refractivity contribution in [1.29, 1.82) is 0 Å². The number of carbonyl (C=O) groups is 1. The minimum atomic E-state index is -0.671. The van der Waals surface area contributed by atoms with Crippen LogP contribution in [0, 0.1) is 11.6 Å². The molecule has 4 rings (SSSR count). The maximum Gasteiger partial charge on any atom is 0.253 e. The number of hydrogen-bond acceptors (Lipinski definition) is 6. The van der Waals surface area contributed by atoms with Gasteiger partial charge in [-0.1, -0.05) is 0 Å². The van der Waals surface area contributed by atoms with Gasteiger partial charge >= 0.3 is 0 Å². The molecule has 0 aliphatic carbocycles. The molecule has 1 saturated heterocycles. The van der Waals surface area contributed by atoms with Crippen LogP contribution in [0.1, 0.15) is 28.9 Å². The van der Waals surface area contributed by atoms with Gasteiger partial charge in [-0.2, -0.15) is 0 Å². The molecule has 1 atom stereocenters. The smallest absolute Gasteiger partial charge is 0.253 e. The van der Waals surface area contributed by atoms with Gasteiger partial charge in [-0.05, 0) is 31.2 Å². The molecule has 3 aromatic rings. The molecule has 0 radical (unpaired) electrons. The predicted octanol–water partition coefficient (Wildman–Crippen LogP) is 3.62. The number of nitrogens with zero attached hydrogens (tertiary/aromatic N) is 4. The van der Waals surface area contributed by atoms with Crippen molar-refractivity contribution in [3.05, 3.63) is 59.3 Å². The molecule has 168 valence electrons. The Labute approximate surface area is 185 Å². The lowest BCUT2D eigenvalue weighted by Gasteiger charge is -2.28. The standard InChI is InChI=1S/C23H25F2N5O2/c1-14(27-18-11-16(24)10-17(25)12-18)19-8-15(23(31)29(2)3)9-20-22(19)28-21(13-26-20)30-4-6-32-7-5-30/h8-14,27H,4-7H2,1-3H3. The fourth-order valence-corrected chi connectivity index (χ4v) is 3.75. The Morgan fingerprint density at radius 1 is 1.12 bits per heavy atom. The number of fused-ring (bicyclic) bond motifs is 1. The third kappa shape index (κ3) is 4.62. The van der Waals surface area contributed by atoms with E-state index in [1.165, 1.54) is 17.0 Å². The van der Waals surface area contributed by atoms with Crippen molar-refractivity contribution in [2.24, 2.45) is 0 Å². The zero-order valence-corrected chi connectivity index (χ0v) is 18.2. The highest BCUT2D eigenvalue weighted by molar-refractivity contribution is 5.98. The first-order chi connectivity index (χ1) is 15.3. The van der Waals surface area contributed by atoms with Crippen molar-refractivity contribution >= 4 is 28.4 Å². The summed E-state index contributed by atoms with van der Waals surface area (Å²) in [6.45, 7) is 4.51. The summed E-state index contributed by atoms with van der Waals surface area (Å²) < 4.78 is 32.8. The fourth-order valence-electron chi connectivity index (χ4n) is 3.75. The van der Waals surface area contributed by atoms with Crippen LogP contribution in [-0.4, -0.2) is 61.2 Å². The van der Waals surface area contributed by atoms with E-state index in [0.717, 1.165) is 11.9 Å². The number of aromatic nitrogens is 2. The van der Waals surface area contributed by atoms with Crippen LogP contribution in [0.2, 0.25) is 0 Å². The van der Waals surface area contributed by atoms with Crippen molar-refractivity contribution in [2.45, 2.75) is 13.0 Å². The zero-order valence-electron chi connectivity index (χ0n) is 18.2. The van der Waals surface area contributed by atoms with E-state index in [1.54, 1.807) is 32.4 Å². The van der Waals surface area contributed by atoms with Crippen molar-refractivity contribution in [3.8, 4) is 0 Å². The Kier molecular flexibility index (Phi) is 6.18. The monoisotopic (exact) mass is 441 g/mol. The van der Waals surface area contributed by atoms with Crippen LogP contribution in [0.25, 0.3) is 11.0 Å². The number of benzene rings is 2. The molecule has 1 N–H and O–H groups in total. The summed E-state index contributed by atoms with van der Waals surface area (Å²) >= 11 is 0. The van der Waals surface area contributed by atoms with Crippen LogP contribution in [0.5, 0.6) is 0 Å². The number of anilines is 2. The third-order valence-electron chi connectivity index (χ3n) is 5.37. The molecule has 0 bridgehead atoms. The van der Waals surface area contributed by atoms with Crippen molar-refractivity contribution in [2.75, 3.05) is 50.6 Å². The first kappa shape index (κ1) is 21.9. The molecule has 1 aliphatic rings. The number of carbonyl (C=O) groups excluding carboxylic acids is 1. The molecule has 1 aliphatic heterocycles. The minimum absolute atomic E-state index is 0.170. The first-order valence-corrected chi connectivity index (χ1v) is 10.4. The van der Waals surface area contributed by atoms with Crippen LogP contribution < -0.4 is 10.2 Å². The lowest BCUT2D eigenvalue weighted by molar-refractivity contribution is 0.0827. The van der Waals surface area contributed by atoms with Gasteiger partial charge < -0.3 is 19.9 Å². The van der Waals surface area contributed by atoms with E-state index in [0.29, 0.717) is 54.2 Å². The van der Waals surface area contributed by atoms with Gasteiger partial charge in [0, 0.05) is 50.1 Å². The summed E-state index contributed by atoms with van der Waals surface area (Å²) in [6, 6.07) is 6.34. The average molecular weight is 441 g/mol. The van der Waals surface area contributed by atoms with Crippen LogP contribution in [-0.2, 0) is 4.74 Å². The molecule has 1 unspecified atom stereocenters. The summed E-state index contributed by atoms with van der Waals surface area (Å²) in [5.74, 6) is -0.792. The SMILES string of the molecule is CC(Nc1cc(F)cc(F)c1)c1cc(C(=O)N(C)C)cc2ncc(N3CCOCC3)nc12. The second-order valence-electron chi connectivity index (χ2n) is 7.98. The average Bonchev–Trinajstić information content (AvgIpc) is 2.77. The number of amides is 1. The Hall–Kier alpha value is -3.33. The Morgan fingerprint density at radius 2 is 1.81 bits per heavy atom. The molecule has 1 aromatic heterocycles. The highest BCUT2D eigenvalue weighted by Gasteiger charge is 2.20. The van der Waals surface area contributed by atoms with E-state index in [-0.39, 0.29) is 5.91 Å². The molecule has 2 heterocycles. The number of hydrogen-bond donors (Lipinski definition) is 1. The normalized spacial score (nSPS) is 15.0. The molecule has 1 fully saturated rings. The van der Waals surface area contributed by atoms with E-state index < -0.39 is 17.7 Å². The Balaban J connectivity index is 1.79. The molecular weight excluding hydrogens is 416 g/mol. The first-order valence-electron chi connectivity index (χ1n) is 10.4.